The average Bonchev–Trinajstić information content (AvgIpc) is 3.05. The summed E-state index contributed by atoms with van der Waals surface area (Å²) < 4.78 is -0.261. The van der Waals surface area contributed by atoms with E-state index in [1.807, 2.05) is 36.4 Å². The maximum atomic E-state index is 10.7. The van der Waals surface area contributed by atoms with E-state index in [0.717, 1.165) is 12.0 Å². The zero-order chi connectivity index (χ0) is 13.5. The molecule has 0 unspecified atom stereocenters. The van der Waals surface area contributed by atoms with E-state index < -0.39 is 6.10 Å². The predicted molar refractivity (Wildman–Crippen MR) is 81.5 cm³/mol. The zero-order valence-corrected chi connectivity index (χ0v) is 12.5. The molecule has 2 aromatic rings. The summed E-state index contributed by atoms with van der Waals surface area (Å²) in [6.07, 6.45) is 0.457. The molecule has 3 rings (SSSR count). The van der Waals surface area contributed by atoms with Gasteiger partial charge in [-0.15, -0.1) is 0 Å². The lowest BCUT2D eigenvalue weighted by molar-refractivity contribution is 0.161. The monoisotopic (exact) mass is 316 g/mol. The van der Waals surface area contributed by atoms with E-state index in [0.29, 0.717) is 0 Å². The number of rotatable bonds is 3. The molecule has 0 heterocycles. The van der Waals surface area contributed by atoms with Crippen LogP contribution in [-0.4, -0.2) is 9.43 Å². The Morgan fingerprint density at radius 2 is 1.53 bits per heavy atom. The SMILES string of the molecule is C[C@]1(c2ccccc2)C[C@]1(Br)[C@@H](O)c1ccccc1. The zero-order valence-electron chi connectivity index (χ0n) is 10.9. The Balaban J connectivity index is 1.91. The van der Waals surface area contributed by atoms with Crippen LogP contribution in [0.5, 0.6) is 0 Å². The van der Waals surface area contributed by atoms with Crippen molar-refractivity contribution in [3.8, 4) is 0 Å². The maximum absolute atomic E-state index is 10.7. The number of halogens is 1. The molecular formula is C17H17BrO. The second-order valence-corrected chi connectivity index (χ2v) is 6.97. The van der Waals surface area contributed by atoms with Crippen LogP contribution in [0.25, 0.3) is 0 Å². The van der Waals surface area contributed by atoms with Crippen molar-refractivity contribution in [1.82, 2.24) is 0 Å². The Hall–Kier alpha value is -1.12. The Morgan fingerprint density at radius 3 is 2.11 bits per heavy atom. The predicted octanol–water partition coefficient (Wildman–Crippen LogP) is 4.22. The molecule has 1 fully saturated rings. The van der Waals surface area contributed by atoms with Crippen LogP contribution in [0.4, 0.5) is 0 Å². The summed E-state index contributed by atoms with van der Waals surface area (Å²) in [6.45, 7) is 2.21. The smallest absolute Gasteiger partial charge is 0.0951 e. The first-order chi connectivity index (χ1) is 9.08. The van der Waals surface area contributed by atoms with Gasteiger partial charge in [0.05, 0.1) is 10.4 Å². The van der Waals surface area contributed by atoms with Crippen LogP contribution in [0.1, 0.15) is 30.6 Å². The normalized spacial score (nSPS) is 30.9. The number of hydrogen-bond donors (Lipinski definition) is 1. The standard InChI is InChI=1S/C17H17BrO/c1-16(14-10-6-3-7-11-14)12-17(16,18)15(19)13-8-4-2-5-9-13/h2-11,15,19H,12H2,1H3/t15-,16+,17-/m0/s1. The van der Waals surface area contributed by atoms with E-state index in [9.17, 15) is 5.11 Å². The number of aliphatic hydroxyl groups is 1. The molecular weight excluding hydrogens is 300 g/mol. The molecule has 0 radical (unpaired) electrons. The van der Waals surface area contributed by atoms with Crippen molar-refractivity contribution in [2.45, 2.75) is 29.2 Å². The quantitative estimate of drug-likeness (QED) is 0.841. The summed E-state index contributed by atoms with van der Waals surface area (Å²) in [6, 6.07) is 20.3. The van der Waals surface area contributed by atoms with Gasteiger partial charge in [0.1, 0.15) is 0 Å². The van der Waals surface area contributed by atoms with Gasteiger partial charge in [-0.2, -0.15) is 0 Å². The molecule has 0 aliphatic heterocycles. The second kappa shape index (κ2) is 4.46. The summed E-state index contributed by atoms with van der Waals surface area (Å²) >= 11 is 3.80. The van der Waals surface area contributed by atoms with Crippen LogP contribution in [0.2, 0.25) is 0 Å². The Morgan fingerprint density at radius 1 is 1.00 bits per heavy atom. The summed E-state index contributed by atoms with van der Waals surface area (Å²) in [5.41, 5.74) is 2.24. The lowest BCUT2D eigenvalue weighted by atomic mass is 9.91. The van der Waals surface area contributed by atoms with E-state index in [1.165, 1.54) is 5.56 Å². The summed E-state index contributed by atoms with van der Waals surface area (Å²) in [5.74, 6) is 0. The molecule has 0 aromatic heterocycles. The average molecular weight is 317 g/mol. The molecule has 3 atom stereocenters. The molecule has 1 aliphatic rings. The Kier molecular flexibility index (Phi) is 3.03. The van der Waals surface area contributed by atoms with Gasteiger partial charge >= 0.3 is 0 Å². The fourth-order valence-corrected chi connectivity index (χ4v) is 3.97. The van der Waals surface area contributed by atoms with Crippen molar-refractivity contribution in [2.24, 2.45) is 0 Å². The van der Waals surface area contributed by atoms with E-state index in [2.05, 4.69) is 47.1 Å². The number of benzene rings is 2. The van der Waals surface area contributed by atoms with Gasteiger partial charge in [-0.3, -0.25) is 0 Å². The van der Waals surface area contributed by atoms with E-state index in [4.69, 9.17) is 0 Å². The third-order valence-corrected chi connectivity index (χ3v) is 5.95. The largest absolute Gasteiger partial charge is 0.387 e. The van der Waals surface area contributed by atoms with Crippen LogP contribution in [0, 0.1) is 0 Å². The molecule has 19 heavy (non-hydrogen) atoms. The van der Waals surface area contributed by atoms with Crippen molar-refractivity contribution < 1.29 is 5.11 Å². The van der Waals surface area contributed by atoms with Crippen molar-refractivity contribution in [3.63, 3.8) is 0 Å². The third-order valence-electron chi connectivity index (χ3n) is 4.36. The first kappa shape index (κ1) is 12.9. The van der Waals surface area contributed by atoms with Gasteiger partial charge < -0.3 is 5.11 Å². The molecule has 2 aromatic carbocycles. The van der Waals surface area contributed by atoms with Gasteiger partial charge in [-0.05, 0) is 17.5 Å². The molecule has 0 amide bonds. The van der Waals surface area contributed by atoms with Crippen molar-refractivity contribution in [3.05, 3.63) is 71.8 Å². The minimum Gasteiger partial charge on any atom is -0.387 e. The summed E-state index contributed by atoms with van der Waals surface area (Å²) in [4.78, 5) is 0. The first-order valence-corrected chi connectivity index (χ1v) is 7.35. The highest BCUT2D eigenvalue weighted by molar-refractivity contribution is 9.10. The van der Waals surface area contributed by atoms with Gasteiger partial charge in [0, 0.05) is 5.41 Å². The maximum Gasteiger partial charge on any atom is 0.0951 e. The van der Waals surface area contributed by atoms with Crippen LogP contribution in [0.15, 0.2) is 60.7 Å². The lowest BCUT2D eigenvalue weighted by Crippen LogP contribution is -2.23. The van der Waals surface area contributed by atoms with Crippen molar-refractivity contribution in [1.29, 1.82) is 0 Å². The minimum atomic E-state index is -0.487. The molecule has 1 saturated carbocycles. The van der Waals surface area contributed by atoms with Crippen molar-refractivity contribution in [2.75, 3.05) is 0 Å². The molecule has 98 valence electrons. The molecule has 1 aliphatic carbocycles. The Labute approximate surface area is 122 Å². The fraction of sp³-hybridized carbons (Fsp3) is 0.294. The van der Waals surface area contributed by atoms with Gasteiger partial charge in [-0.1, -0.05) is 83.5 Å². The number of hydrogen-bond acceptors (Lipinski definition) is 1. The molecule has 1 N–H and O–H groups in total. The third kappa shape index (κ3) is 1.94. The van der Waals surface area contributed by atoms with E-state index in [-0.39, 0.29) is 9.74 Å². The first-order valence-electron chi connectivity index (χ1n) is 6.55. The highest BCUT2D eigenvalue weighted by atomic mass is 79.9. The van der Waals surface area contributed by atoms with E-state index >= 15 is 0 Å². The fourth-order valence-electron chi connectivity index (χ4n) is 2.92. The number of aliphatic hydroxyl groups excluding tert-OH is 1. The van der Waals surface area contributed by atoms with Crippen LogP contribution in [-0.2, 0) is 5.41 Å². The van der Waals surface area contributed by atoms with Gasteiger partial charge in [0.15, 0.2) is 0 Å². The second-order valence-electron chi connectivity index (χ2n) is 5.55. The Bertz CT molecular complexity index is 568. The van der Waals surface area contributed by atoms with Crippen molar-refractivity contribution >= 4 is 15.9 Å². The van der Waals surface area contributed by atoms with Crippen LogP contribution >= 0.6 is 15.9 Å². The summed E-state index contributed by atoms with van der Waals surface area (Å²) in [7, 11) is 0. The van der Waals surface area contributed by atoms with Crippen LogP contribution < -0.4 is 0 Å². The molecule has 0 spiro atoms. The van der Waals surface area contributed by atoms with Gasteiger partial charge in [0.25, 0.3) is 0 Å². The highest BCUT2D eigenvalue weighted by Gasteiger charge is 2.67. The summed E-state index contributed by atoms with van der Waals surface area (Å²) in [5, 5.41) is 10.7. The molecule has 1 nitrogen and oxygen atoms in total. The number of alkyl halides is 1. The molecule has 0 saturated heterocycles. The highest BCUT2D eigenvalue weighted by Crippen LogP contribution is 2.68. The topological polar surface area (TPSA) is 20.2 Å². The van der Waals surface area contributed by atoms with E-state index in [1.54, 1.807) is 0 Å². The molecule has 2 heteroatoms. The van der Waals surface area contributed by atoms with Gasteiger partial charge in [0.2, 0.25) is 0 Å². The molecule has 0 bridgehead atoms. The minimum absolute atomic E-state index is 0.0104. The van der Waals surface area contributed by atoms with Gasteiger partial charge in [-0.25, -0.2) is 0 Å². The van der Waals surface area contributed by atoms with Crippen LogP contribution in [0.3, 0.4) is 0 Å². The lowest BCUT2D eigenvalue weighted by Gasteiger charge is -2.23.